The number of aliphatic hydroxyl groups excluding tert-OH is 2. The first-order chi connectivity index (χ1) is 17.0. The van der Waals surface area contributed by atoms with Crippen LogP contribution >= 0.6 is 0 Å². The lowest BCUT2D eigenvalue weighted by molar-refractivity contribution is -0.179. The van der Waals surface area contributed by atoms with Crippen molar-refractivity contribution in [1.82, 2.24) is 0 Å². The summed E-state index contributed by atoms with van der Waals surface area (Å²) in [6.45, 7) is 14.5. The highest BCUT2D eigenvalue weighted by Gasteiger charge is 2.56. The number of ketones is 3. The SMILES string of the molecule is CCCCCC(C)C(=O)C(O)(C(=O)C(C)CC(C)CC(C)N)C(O)C(O)C(=O)C(C)CC(C)CC(C)N. The van der Waals surface area contributed by atoms with E-state index in [1.54, 1.807) is 20.8 Å². The summed E-state index contributed by atoms with van der Waals surface area (Å²) in [6, 6.07) is -0.124. The second-order valence-electron chi connectivity index (χ2n) is 12.1. The van der Waals surface area contributed by atoms with E-state index in [1.807, 2.05) is 34.6 Å². The molecule has 0 radical (unpaired) electrons. The van der Waals surface area contributed by atoms with Crippen molar-refractivity contribution < 1.29 is 29.7 Å². The summed E-state index contributed by atoms with van der Waals surface area (Å²) in [5, 5.41) is 33.6. The van der Waals surface area contributed by atoms with E-state index in [0.29, 0.717) is 32.1 Å². The maximum Gasteiger partial charge on any atom is 0.210 e. The van der Waals surface area contributed by atoms with Gasteiger partial charge in [0.05, 0.1) is 0 Å². The summed E-state index contributed by atoms with van der Waals surface area (Å²) in [5.74, 6) is -4.46. The fourth-order valence-electron chi connectivity index (χ4n) is 5.56. The average Bonchev–Trinajstić information content (AvgIpc) is 2.79. The van der Waals surface area contributed by atoms with Crippen molar-refractivity contribution in [1.29, 1.82) is 0 Å². The molecule has 0 rings (SSSR count). The van der Waals surface area contributed by atoms with E-state index in [0.717, 1.165) is 19.3 Å². The van der Waals surface area contributed by atoms with Crippen LogP contribution in [-0.2, 0) is 14.4 Å². The highest BCUT2D eigenvalue weighted by atomic mass is 16.4. The second kappa shape index (κ2) is 16.7. The molecule has 0 fully saturated rings. The van der Waals surface area contributed by atoms with Crippen LogP contribution in [0.15, 0.2) is 0 Å². The van der Waals surface area contributed by atoms with Crippen LogP contribution in [0.2, 0.25) is 0 Å². The average molecular weight is 529 g/mol. The number of aliphatic hydroxyl groups is 3. The third kappa shape index (κ3) is 11.2. The zero-order chi connectivity index (χ0) is 29.1. The molecule has 0 aromatic carbocycles. The molecular weight excluding hydrogens is 472 g/mol. The lowest BCUT2D eigenvalue weighted by Crippen LogP contribution is -2.64. The fraction of sp³-hybridized carbons (Fsp3) is 0.897. The van der Waals surface area contributed by atoms with Crippen LogP contribution in [0.1, 0.15) is 107 Å². The van der Waals surface area contributed by atoms with E-state index < -0.39 is 52.9 Å². The monoisotopic (exact) mass is 528 g/mol. The molecule has 8 nitrogen and oxygen atoms in total. The lowest BCUT2D eigenvalue weighted by Gasteiger charge is -2.37. The standard InChI is InChI=1S/C29H56N2O6/c1-9-10-11-12-19(4)26(34)29(37,27(35)21(6)14-18(3)16-23(8)31)28(36)25(33)24(32)20(5)13-17(2)15-22(7)30/h17-23,25,28,33,36-37H,9-16,30-31H2,1-8H3. The third-order valence-corrected chi connectivity index (χ3v) is 7.45. The normalized spacial score (nSPS) is 21.0. The number of nitrogens with two attached hydrogens (primary N) is 2. The minimum Gasteiger partial charge on any atom is -0.386 e. The molecule has 37 heavy (non-hydrogen) atoms. The Kier molecular flexibility index (Phi) is 16.2. The molecule has 0 saturated heterocycles. The first-order valence-corrected chi connectivity index (χ1v) is 14.2. The largest absolute Gasteiger partial charge is 0.386 e. The Bertz CT molecular complexity index is 713. The first-order valence-electron chi connectivity index (χ1n) is 14.2. The molecule has 218 valence electrons. The van der Waals surface area contributed by atoms with Crippen molar-refractivity contribution in [2.24, 2.45) is 41.1 Å². The molecule has 0 aliphatic heterocycles. The minimum atomic E-state index is -2.88. The summed E-state index contributed by atoms with van der Waals surface area (Å²) in [6.07, 6.45) is 0.745. The minimum absolute atomic E-state index is 0.0374. The van der Waals surface area contributed by atoms with E-state index in [1.165, 1.54) is 0 Å². The quantitative estimate of drug-likeness (QED) is 0.119. The maximum absolute atomic E-state index is 13.6. The van der Waals surface area contributed by atoms with Crippen LogP contribution < -0.4 is 11.5 Å². The molecule has 0 heterocycles. The maximum atomic E-state index is 13.6. The van der Waals surface area contributed by atoms with Crippen LogP contribution in [0.25, 0.3) is 0 Å². The molecule has 0 aromatic rings. The molecule has 10 atom stereocenters. The van der Waals surface area contributed by atoms with E-state index in [-0.39, 0.29) is 23.9 Å². The number of hydrogen-bond donors (Lipinski definition) is 5. The fourth-order valence-corrected chi connectivity index (χ4v) is 5.56. The molecule has 0 aliphatic rings. The van der Waals surface area contributed by atoms with E-state index in [4.69, 9.17) is 11.5 Å². The number of hydrogen-bond acceptors (Lipinski definition) is 8. The zero-order valence-corrected chi connectivity index (χ0v) is 24.6. The van der Waals surface area contributed by atoms with Crippen LogP contribution in [-0.4, -0.2) is 62.6 Å². The summed E-state index contributed by atoms with van der Waals surface area (Å²) in [4.78, 5) is 40.2. The molecule has 0 saturated carbocycles. The highest BCUT2D eigenvalue weighted by molar-refractivity contribution is 6.13. The summed E-state index contributed by atoms with van der Waals surface area (Å²) >= 11 is 0. The Morgan fingerprint density at radius 1 is 0.703 bits per heavy atom. The summed E-state index contributed by atoms with van der Waals surface area (Å²) < 4.78 is 0. The van der Waals surface area contributed by atoms with Crippen LogP contribution in [0.3, 0.4) is 0 Å². The summed E-state index contributed by atoms with van der Waals surface area (Å²) in [7, 11) is 0. The van der Waals surface area contributed by atoms with Gasteiger partial charge in [-0.25, -0.2) is 0 Å². The van der Waals surface area contributed by atoms with Gasteiger partial charge in [-0.15, -0.1) is 0 Å². The van der Waals surface area contributed by atoms with Crippen molar-refractivity contribution in [3.05, 3.63) is 0 Å². The molecule has 10 unspecified atom stereocenters. The van der Waals surface area contributed by atoms with Gasteiger partial charge in [-0.1, -0.05) is 60.8 Å². The molecule has 0 amide bonds. The molecule has 0 aromatic heterocycles. The van der Waals surface area contributed by atoms with Gasteiger partial charge >= 0.3 is 0 Å². The number of rotatable bonds is 20. The highest BCUT2D eigenvalue weighted by Crippen LogP contribution is 2.31. The Balaban J connectivity index is 6.00. The Morgan fingerprint density at radius 3 is 1.57 bits per heavy atom. The van der Waals surface area contributed by atoms with Crippen LogP contribution in [0.4, 0.5) is 0 Å². The molecule has 0 bridgehead atoms. The zero-order valence-electron chi connectivity index (χ0n) is 24.6. The van der Waals surface area contributed by atoms with Crippen molar-refractivity contribution in [3.63, 3.8) is 0 Å². The Labute approximate surface area is 225 Å². The van der Waals surface area contributed by atoms with Gasteiger partial charge in [0.15, 0.2) is 17.3 Å². The molecule has 8 heteroatoms. The van der Waals surface area contributed by atoms with Crippen molar-refractivity contribution in [2.45, 2.75) is 137 Å². The van der Waals surface area contributed by atoms with Crippen molar-refractivity contribution in [3.8, 4) is 0 Å². The predicted molar refractivity (Wildman–Crippen MR) is 148 cm³/mol. The number of Topliss-reactive ketones (excluding diaryl/α,β-unsaturated/α-hetero) is 3. The van der Waals surface area contributed by atoms with Gasteiger partial charge in [0.1, 0.15) is 12.2 Å². The van der Waals surface area contributed by atoms with Gasteiger partial charge in [-0.3, -0.25) is 14.4 Å². The van der Waals surface area contributed by atoms with Gasteiger partial charge in [0, 0.05) is 29.8 Å². The van der Waals surface area contributed by atoms with Gasteiger partial charge in [-0.05, 0) is 57.8 Å². The number of unbranched alkanes of at least 4 members (excludes halogenated alkanes) is 2. The van der Waals surface area contributed by atoms with E-state index >= 15 is 0 Å². The molecular formula is C29H56N2O6. The van der Waals surface area contributed by atoms with Gasteiger partial charge < -0.3 is 26.8 Å². The van der Waals surface area contributed by atoms with Gasteiger partial charge in [-0.2, -0.15) is 0 Å². The van der Waals surface area contributed by atoms with Crippen molar-refractivity contribution >= 4 is 17.3 Å². The van der Waals surface area contributed by atoms with E-state index in [2.05, 4.69) is 0 Å². The lowest BCUT2D eigenvalue weighted by atomic mass is 9.72. The van der Waals surface area contributed by atoms with E-state index in [9.17, 15) is 29.7 Å². The predicted octanol–water partition coefficient (Wildman–Crippen LogP) is 3.16. The van der Waals surface area contributed by atoms with Crippen molar-refractivity contribution in [2.75, 3.05) is 0 Å². The number of carbonyl (C=O) groups excluding carboxylic acids is 3. The van der Waals surface area contributed by atoms with Crippen LogP contribution in [0, 0.1) is 29.6 Å². The van der Waals surface area contributed by atoms with Crippen LogP contribution in [0.5, 0.6) is 0 Å². The Hall–Kier alpha value is -1.19. The van der Waals surface area contributed by atoms with Gasteiger partial charge in [0.25, 0.3) is 0 Å². The topological polar surface area (TPSA) is 164 Å². The first kappa shape index (κ1) is 35.8. The smallest absolute Gasteiger partial charge is 0.210 e. The molecule has 0 aliphatic carbocycles. The Morgan fingerprint density at radius 2 is 1.14 bits per heavy atom. The summed E-state index contributed by atoms with van der Waals surface area (Å²) in [5.41, 5.74) is 8.85. The molecule has 7 N–H and O–H groups in total. The molecule has 0 spiro atoms. The van der Waals surface area contributed by atoms with Gasteiger partial charge in [0.2, 0.25) is 5.60 Å². The third-order valence-electron chi connectivity index (χ3n) is 7.45. The number of carbonyl (C=O) groups is 3. The second-order valence-corrected chi connectivity index (χ2v) is 12.1.